The smallest absolute Gasteiger partial charge is 0.298 e. The second kappa shape index (κ2) is 6.31. The van der Waals surface area contributed by atoms with E-state index >= 15 is 0 Å². The van der Waals surface area contributed by atoms with E-state index in [0.717, 1.165) is 6.08 Å². The Morgan fingerprint density at radius 2 is 2.29 bits per heavy atom. The molecule has 7 heavy (non-hydrogen) atoms. The fraction of sp³-hybridized carbons (Fsp3) is 0. The quantitative estimate of drug-likeness (QED) is 0.328. The first-order chi connectivity index (χ1) is 2.81. The first-order valence-corrected chi connectivity index (χ1v) is 1.39. The van der Waals surface area contributed by atoms with E-state index < -0.39 is 5.97 Å². The van der Waals surface area contributed by atoms with Crippen LogP contribution in [0.2, 0.25) is 0 Å². The summed E-state index contributed by atoms with van der Waals surface area (Å²) in [6.45, 7) is 3.12. The molecule has 0 aliphatic rings. The molecule has 37 valence electrons. The van der Waals surface area contributed by atoms with E-state index in [-0.39, 0.29) is 32.7 Å². The summed E-state index contributed by atoms with van der Waals surface area (Å²) < 4.78 is 3.89. The normalized spacial score (nSPS) is 5.86. The molecule has 0 N–H and O–H groups in total. The fourth-order valence-electron chi connectivity index (χ4n) is 0.0589. The van der Waals surface area contributed by atoms with Gasteiger partial charge in [0.25, 0.3) is 5.97 Å². The molecule has 0 atom stereocenters. The summed E-state index contributed by atoms with van der Waals surface area (Å²) in [5.41, 5.74) is 0. The van der Waals surface area contributed by atoms with Gasteiger partial charge in [0.2, 0.25) is 0 Å². The zero-order chi connectivity index (χ0) is 4.99. The Labute approximate surface area is 67.8 Å². The zero-order valence-corrected chi connectivity index (χ0v) is 6.72. The maximum Gasteiger partial charge on any atom is 0.298 e. The van der Waals surface area contributed by atoms with Gasteiger partial charge in [-0.25, -0.2) is 4.79 Å². The Morgan fingerprint density at radius 1 is 1.86 bits per heavy atom. The minimum Gasteiger partial charge on any atom is -0.637 e. The van der Waals surface area contributed by atoms with E-state index in [9.17, 15) is 4.79 Å². The fourth-order valence-corrected chi connectivity index (χ4v) is 0.0589. The van der Waals surface area contributed by atoms with Crippen LogP contribution in [0.3, 0.4) is 0 Å². The van der Waals surface area contributed by atoms with E-state index in [4.69, 9.17) is 0 Å². The number of ether oxygens (including phenoxy) is 1. The van der Waals surface area contributed by atoms with Gasteiger partial charge in [-0.05, 0) is 0 Å². The standard InChI is InChI=1S/C4H5O2.Y/c1-3-4(5)6-2;/h3H,1-2H2;/q-1;. The third-order valence-electron chi connectivity index (χ3n) is 0.309. The molecule has 0 rings (SSSR count). The van der Waals surface area contributed by atoms with Gasteiger partial charge in [0.15, 0.2) is 0 Å². The number of hydrogen-bond acceptors (Lipinski definition) is 2. The Hall–Kier alpha value is 0.314. The van der Waals surface area contributed by atoms with Crippen LogP contribution in [0.4, 0.5) is 0 Å². The molecule has 0 aromatic carbocycles. The van der Waals surface area contributed by atoms with Crippen molar-refractivity contribution in [2.45, 2.75) is 0 Å². The van der Waals surface area contributed by atoms with Crippen LogP contribution < -0.4 is 0 Å². The van der Waals surface area contributed by atoms with Crippen LogP contribution in [-0.4, -0.2) is 5.97 Å². The minimum atomic E-state index is -0.505. The van der Waals surface area contributed by atoms with E-state index in [0.29, 0.717) is 0 Å². The molecule has 0 aliphatic heterocycles. The van der Waals surface area contributed by atoms with Crippen LogP contribution in [0.1, 0.15) is 0 Å². The van der Waals surface area contributed by atoms with Crippen molar-refractivity contribution >= 4 is 5.97 Å². The molecule has 0 unspecified atom stereocenters. The number of esters is 1. The van der Waals surface area contributed by atoms with Gasteiger partial charge in [0, 0.05) is 38.8 Å². The maximum atomic E-state index is 9.78. The molecule has 1 radical (unpaired) electrons. The summed E-state index contributed by atoms with van der Waals surface area (Å²) in [5.74, 6) is -0.505. The molecule has 0 saturated heterocycles. The average molecular weight is 174 g/mol. The van der Waals surface area contributed by atoms with Crippen LogP contribution in [0, 0.1) is 7.11 Å². The second-order valence-corrected chi connectivity index (χ2v) is 0.667. The Balaban J connectivity index is 0. The van der Waals surface area contributed by atoms with Crippen LogP contribution in [0.25, 0.3) is 0 Å². The molecule has 0 aromatic rings. The van der Waals surface area contributed by atoms with Crippen molar-refractivity contribution in [2.75, 3.05) is 0 Å². The van der Waals surface area contributed by atoms with Gasteiger partial charge in [-0.1, -0.05) is 6.58 Å². The summed E-state index contributed by atoms with van der Waals surface area (Å²) in [4.78, 5) is 9.78. The predicted octanol–water partition coefficient (Wildman–Crippen LogP) is 0.505. The molecule has 0 bridgehead atoms. The van der Waals surface area contributed by atoms with Crippen LogP contribution in [0.5, 0.6) is 0 Å². The first kappa shape index (κ1) is 10.3. The van der Waals surface area contributed by atoms with Crippen molar-refractivity contribution in [1.29, 1.82) is 0 Å². The first-order valence-electron chi connectivity index (χ1n) is 1.39. The van der Waals surface area contributed by atoms with Crippen molar-refractivity contribution < 1.29 is 42.2 Å². The predicted molar refractivity (Wildman–Crippen MR) is 21.6 cm³/mol. The van der Waals surface area contributed by atoms with Crippen molar-refractivity contribution in [3.8, 4) is 0 Å². The zero-order valence-electron chi connectivity index (χ0n) is 3.89. The number of rotatable bonds is 1. The molecule has 0 amide bonds. The van der Waals surface area contributed by atoms with E-state index in [1.54, 1.807) is 0 Å². The van der Waals surface area contributed by atoms with E-state index in [1.165, 1.54) is 0 Å². The van der Waals surface area contributed by atoms with Gasteiger partial charge in [-0.2, -0.15) is 7.11 Å². The van der Waals surface area contributed by atoms with Gasteiger partial charge in [-0.3, -0.25) is 0 Å². The van der Waals surface area contributed by atoms with Gasteiger partial charge in [0.1, 0.15) is 0 Å². The van der Waals surface area contributed by atoms with E-state index in [1.807, 2.05) is 0 Å². The van der Waals surface area contributed by atoms with Crippen molar-refractivity contribution in [1.82, 2.24) is 0 Å². The summed E-state index contributed by atoms with van der Waals surface area (Å²) in [6.07, 6.45) is 1.05. The Morgan fingerprint density at radius 3 is 2.29 bits per heavy atom. The van der Waals surface area contributed by atoms with Crippen molar-refractivity contribution in [3.63, 3.8) is 0 Å². The largest absolute Gasteiger partial charge is 0.637 e. The summed E-state index contributed by atoms with van der Waals surface area (Å²) >= 11 is 0. The van der Waals surface area contributed by atoms with Gasteiger partial charge >= 0.3 is 0 Å². The van der Waals surface area contributed by atoms with E-state index in [2.05, 4.69) is 18.4 Å². The molecule has 0 fully saturated rings. The van der Waals surface area contributed by atoms with Crippen molar-refractivity contribution in [2.24, 2.45) is 0 Å². The average Bonchev–Trinajstić information content (AvgIpc) is 1.65. The number of hydrogen-bond donors (Lipinski definition) is 0. The Bertz CT molecular complexity index is 70.1. The van der Waals surface area contributed by atoms with Gasteiger partial charge in [0.05, 0.1) is 0 Å². The number of carbonyl (C=O) groups is 1. The molecule has 0 spiro atoms. The number of carbonyl (C=O) groups excluding carboxylic acids is 1. The summed E-state index contributed by atoms with van der Waals surface area (Å²) in [6, 6.07) is 0. The molecular formula is C4H5O2Y-. The van der Waals surface area contributed by atoms with Gasteiger partial charge < -0.3 is 4.74 Å². The minimum absolute atomic E-state index is 0. The maximum absolute atomic E-state index is 9.78. The SMILES string of the molecule is C=CC(=O)O[CH2-].[Y]. The molecule has 0 saturated carbocycles. The van der Waals surface area contributed by atoms with Gasteiger partial charge in [-0.15, -0.1) is 0 Å². The summed E-state index contributed by atoms with van der Waals surface area (Å²) in [5, 5.41) is 0. The molecule has 0 aromatic heterocycles. The molecule has 0 aliphatic carbocycles. The molecular weight excluding hydrogens is 169 g/mol. The topological polar surface area (TPSA) is 26.3 Å². The third-order valence-corrected chi connectivity index (χ3v) is 0.309. The van der Waals surface area contributed by atoms with Crippen molar-refractivity contribution in [3.05, 3.63) is 19.8 Å². The Kier molecular flexibility index (Phi) is 9.31. The van der Waals surface area contributed by atoms with Crippen LogP contribution in [0.15, 0.2) is 12.7 Å². The summed E-state index contributed by atoms with van der Waals surface area (Å²) in [7, 11) is 2.84. The molecule has 2 nitrogen and oxygen atoms in total. The monoisotopic (exact) mass is 174 g/mol. The van der Waals surface area contributed by atoms with Crippen LogP contribution in [-0.2, 0) is 42.2 Å². The molecule has 3 heteroatoms. The third kappa shape index (κ3) is 6.31. The molecule has 0 heterocycles. The van der Waals surface area contributed by atoms with Crippen LogP contribution >= 0.6 is 0 Å². The second-order valence-electron chi connectivity index (χ2n) is 0.667.